The molecule has 0 aromatic carbocycles. The van der Waals surface area contributed by atoms with Crippen molar-refractivity contribution >= 4 is 17.9 Å². The normalized spacial score (nSPS) is 17.6. The Morgan fingerprint density at radius 2 is 1.83 bits per heavy atom. The van der Waals surface area contributed by atoms with Crippen molar-refractivity contribution < 1.29 is 19.4 Å². The minimum absolute atomic E-state index is 0.131. The number of hydrogen-bond acceptors (Lipinski definition) is 6. The number of fused-ring (bicyclic) bond motifs is 1. The first-order valence-corrected chi connectivity index (χ1v) is 11.2. The fraction of sp³-hybridized carbons (Fsp3) is 0.682. The lowest BCUT2D eigenvalue weighted by atomic mass is 10.0. The van der Waals surface area contributed by atoms with Crippen LogP contribution in [0, 0.1) is 0 Å². The van der Waals surface area contributed by atoms with Gasteiger partial charge in [-0.15, -0.1) is 0 Å². The maximum atomic E-state index is 11.6. The van der Waals surface area contributed by atoms with Crippen molar-refractivity contribution in [2.75, 3.05) is 57.3 Å². The zero-order chi connectivity index (χ0) is 21.3. The summed E-state index contributed by atoms with van der Waals surface area (Å²) in [6.07, 6.45) is 5.06. The highest BCUT2D eigenvalue weighted by atomic mass is 16.5. The van der Waals surface area contributed by atoms with Gasteiger partial charge in [0.05, 0.1) is 13.2 Å². The number of anilines is 1. The first-order valence-electron chi connectivity index (χ1n) is 11.2. The topological polar surface area (TPSA) is 86.2 Å². The van der Waals surface area contributed by atoms with Gasteiger partial charge in [0.15, 0.2) is 0 Å². The molecule has 8 heteroatoms. The van der Waals surface area contributed by atoms with E-state index < -0.39 is 6.09 Å². The maximum Gasteiger partial charge on any atom is 0.413 e. The van der Waals surface area contributed by atoms with Gasteiger partial charge in [0.2, 0.25) is 0 Å². The number of pyridine rings is 1. The molecule has 3 rings (SSSR count). The van der Waals surface area contributed by atoms with Crippen LogP contribution >= 0.6 is 0 Å². The quantitative estimate of drug-likeness (QED) is 0.487. The Morgan fingerprint density at radius 3 is 2.57 bits per heavy atom. The van der Waals surface area contributed by atoms with Gasteiger partial charge in [-0.05, 0) is 57.2 Å². The van der Waals surface area contributed by atoms with Crippen molar-refractivity contribution in [1.82, 2.24) is 14.8 Å². The summed E-state index contributed by atoms with van der Waals surface area (Å²) in [5, 5.41) is 9.38. The molecule has 2 aliphatic rings. The van der Waals surface area contributed by atoms with Crippen molar-refractivity contribution in [1.29, 1.82) is 0 Å². The Hall–Kier alpha value is -2.19. The third-order valence-electron chi connectivity index (χ3n) is 5.86. The molecule has 0 unspecified atom stereocenters. The van der Waals surface area contributed by atoms with Gasteiger partial charge in [0, 0.05) is 38.4 Å². The number of esters is 1. The highest BCUT2D eigenvalue weighted by Gasteiger charge is 2.23. The minimum Gasteiger partial charge on any atom is -0.465 e. The van der Waals surface area contributed by atoms with Gasteiger partial charge in [-0.2, -0.15) is 0 Å². The SMILES string of the molecule is CCOC(=O)CN1CCN(CCCCCc2ccc3c(n2)N(C(=O)O)CCC3)CC1. The molecular formula is C22H34N4O4. The third-order valence-corrected chi connectivity index (χ3v) is 5.86. The second-order valence-corrected chi connectivity index (χ2v) is 8.06. The van der Waals surface area contributed by atoms with Crippen molar-refractivity contribution in [2.24, 2.45) is 0 Å². The predicted molar refractivity (Wildman–Crippen MR) is 115 cm³/mol. The van der Waals surface area contributed by atoms with E-state index >= 15 is 0 Å². The van der Waals surface area contributed by atoms with Crippen molar-refractivity contribution in [3.63, 3.8) is 0 Å². The number of piperazine rings is 1. The summed E-state index contributed by atoms with van der Waals surface area (Å²) < 4.78 is 5.02. The summed E-state index contributed by atoms with van der Waals surface area (Å²) in [6, 6.07) is 4.09. The number of carbonyl (C=O) groups excluding carboxylic acids is 1. The smallest absolute Gasteiger partial charge is 0.413 e. The molecule has 0 radical (unpaired) electrons. The number of aromatic nitrogens is 1. The molecule has 30 heavy (non-hydrogen) atoms. The third kappa shape index (κ3) is 6.40. The van der Waals surface area contributed by atoms with Crippen LogP contribution in [0.1, 0.15) is 43.9 Å². The molecule has 8 nitrogen and oxygen atoms in total. The predicted octanol–water partition coefficient (Wildman–Crippen LogP) is 2.41. The Labute approximate surface area is 178 Å². The molecule has 1 saturated heterocycles. The Bertz CT molecular complexity index is 719. The first-order chi connectivity index (χ1) is 14.6. The van der Waals surface area contributed by atoms with Crippen LogP contribution in [0.15, 0.2) is 12.1 Å². The standard InChI is InChI=1S/C22H34N4O4/c1-2-30-20(27)17-25-15-13-24(14-16-25)11-5-3-4-8-19-10-9-18-7-6-12-26(22(28)29)21(18)23-19/h9-10H,2-8,11-17H2,1H3,(H,28,29). The lowest BCUT2D eigenvalue weighted by Gasteiger charge is -2.34. The Balaban J connectivity index is 1.33. The highest BCUT2D eigenvalue weighted by Crippen LogP contribution is 2.25. The summed E-state index contributed by atoms with van der Waals surface area (Å²) in [6.45, 7) is 8.11. The number of rotatable bonds is 9. The van der Waals surface area contributed by atoms with Crippen LogP contribution in [0.25, 0.3) is 0 Å². The number of carboxylic acid groups (broad SMARTS) is 1. The van der Waals surface area contributed by atoms with E-state index in [2.05, 4.69) is 14.8 Å². The molecule has 0 spiro atoms. The summed E-state index contributed by atoms with van der Waals surface area (Å²) in [7, 11) is 0. The van der Waals surface area contributed by atoms with Crippen LogP contribution in [0.4, 0.5) is 10.6 Å². The monoisotopic (exact) mass is 418 g/mol. The van der Waals surface area contributed by atoms with Gasteiger partial charge in [0.1, 0.15) is 5.82 Å². The van der Waals surface area contributed by atoms with E-state index in [-0.39, 0.29) is 5.97 Å². The molecule has 2 aliphatic heterocycles. The number of carbonyl (C=O) groups is 2. The molecule has 0 atom stereocenters. The summed E-state index contributed by atoms with van der Waals surface area (Å²) in [5.74, 6) is 0.500. The molecule has 0 bridgehead atoms. The van der Waals surface area contributed by atoms with E-state index in [9.17, 15) is 14.7 Å². The van der Waals surface area contributed by atoms with Gasteiger partial charge >= 0.3 is 12.1 Å². The maximum absolute atomic E-state index is 11.6. The van der Waals surface area contributed by atoms with Crippen LogP contribution in [-0.4, -0.2) is 84.4 Å². The number of ether oxygens (including phenoxy) is 1. The van der Waals surface area contributed by atoms with Gasteiger partial charge in [-0.25, -0.2) is 9.78 Å². The number of nitrogens with zero attached hydrogens (tertiary/aromatic N) is 4. The van der Waals surface area contributed by atoms with E-state index in [4.69, 9.17) is 4.74 Å². The average Bonchev–Trinajstić information content (AvgIpc) is 2.74. The highest BCUT2D eigenvalue weighted by molar-refractivity contribution is 5.86. The number of aryl methyl sites for hydroxylation is 2. The molecule has 1 aromatic heterocycles. The lowest BCUT2D eigenvalue weighted by Crippen LogP contribution is -2.48. The molecule has 1 amide bonds. The zero-order valence-electron chi connectivity index (χ0n) is 18.0. The molecule has 0 saturated carbocycles. The van der Waals surface area contributed by atoms with E-state index in [0.717, 1.165) is 82.5 Å². The minimum atomic E-state index is -0.914. The van der Waals surface area contributed by atoms with Crippen molar-refractivity contribution in [2.45, 2.75) is 45.4 Å². The molecule has 3 heterocycles. The first kappa shape index (κ1) is 22.5. The summed E-state index contributed by atoms with van der Waals surface area (Å²) >= 11 is 0. The van der Waals surface area contributed by atoms with Gasteiger partial charge in [-0.1, -0.05) is 12.5 Å². The molecule has 1 fully saturated rings. The van der Waals surface area contributed by atoms with Crippen LogP contribution in [0.2, 0.25) is 0 Å². The molecule has 0 aliphatic carbocycles. The Morgan fingerprint density at radius 1 is 1.07 bits per heavy atom. The molecule has 1 N–H and O–H groups in total. The lowest BCUT2D eigenvalue weighted by molar-refractivity contribution is -0.144. The van der Waals surface area contributed by atoms with E-state index in [1.54, 1.807) is 0 Å². The summed E-state index contributed by atoms with van der Waals surface area (Å²) in [5.41, 5.74) is 2.02. The molecule has 1 aromatic rings. The van der Waals surface area contributed by atoms with Gasteiger partial charge < -0.3 is 14.7 Å². The van der Waals surface area contributed by atoms with E-state index in [1.165, 1.54) is 4.90 Å². The average molecular weight is 419 g/mol. The van der Waals surface area contributed by atoms with E-state index in [0.29, 0.717) is 25.5 Å². The van der Waals surface area contributed by atoms with Crippen molar-refractivity contribution in [3.8, 4) is 0 Å². The zero-order valence-corrected chi connectivity index (χ0v) is 18.0. The number of unbranched alkanes of at least 4 members (excludes halogenated alkanes) is 2. The molecule has 166 valence electrons. The summed E-state index contributed by atoms with van der Waals surface area (Å²) in [4.78, 5) is 33.6. The fourth-order valence-electron chi connectivity index (χ4n) is 4.18. The fourth-order valence-corrected chi connectivity index (χ4v) is 4.18. The van der Waals surface area contributed by atoms with Crippen LogP contribution in [0.5, 0.6) is 0 Å². The number of hydrogen-bond donors (Lipinski definition) is 1. The van der Waals surface area contributed by atoms with Crippen molar-refractivity contribution in [3.05, 3.63) is 23.4 Å². The molecular weight excluding hydrogens is 384 g/mol. The Kier molecular flexibility index (Phi) is 8.45. The number of amides is 1. The van der Waals surface area contributed by atoms with Crippen LogP contribution in [0.3, 0.4) is 0 Å². The van der Waals surface area contributed by atoms with Crippen LogP contribution < -0.4 is 4.90 Å². The van der Waals surface area contributed by atoms with Gasteiger partial charge in [-0.3, -0.25) is 14.6 Å². The second-order valence-electron chi connectivity index (χ2n) is 8.06. The van der Waals surface area contributed by atoms with Crippen LogP contribution in [-0.2, 0) is 22.4 Å². The van der Waals surface area contributed by atoms with Gasteiger partial charge in [0.25, 0.3) is 0 Å². The largest absolute Gasteiger partial charge is 0.465 e. The van der Waals surface area contributed by atoms with E-state index in [1.807, 2.05) is 19.1 Å². The second kappa shape index (κ2) is 11.3.